The molecule has 0 saturated carbocycles. The number of rotatable bonds is 2. The Kier molecular flexibility index (Phi) is 2.86. The van der Waals surface area contributed by atoms with Gasteiger partial charge in [0.15, 0.2) is 0 Å². The molecule has 0 unspecified atom stereocenters. The number of aromatic nitrogens is 1. The van der Waals surface area contributed by atoms with Crippen LogP contribution in [-0.2, 0) is 21.6 Å². The molecule has 2 aliphatic rings. The van der Waals surface area contributed by atoms with E-state index in [1.165, 1.54) is 16.5 Å². The average Bonchev–Trinajstić information content (AvgIpc) is 2.93. The van der Waals surface area contributed by atoms with E-state index in [0.29, 0.717) is 13.0 Å². The van der Waals surface area contributed by atoms with E-state index in [4.69, 9.17) is 10.5 Å². The number of likely N-dealkylation sites (N-methyl/N-ethyl adjacent to an activating group) is 1. The lowest BCUT2D eigenvalue weighted by Gasteiger charge is -2.52. The fourth-order valence-corrected chi connectivity index (χ4v) is 4.51. The number of aromatic amines is 1. The molecule has 4 rings (SSSR count). The summed E-state index contributed by atoms with van der Waals surface area (Å²) in [6.45, 7) is 0.695. The van der Waals surface area contributed by atoms with Crippen LogP contribution >= 0.6 is 0 Å². The van der Waals surface area contributed by atoms with Gasteiger partial charge in [0, 0.05) is 36.8 Å². The van der Waals surface area contributed by atoms with Crippen molar-refractivity contribution in [3.05, 3.63) is 35.5 Å². The second-order valence-corrected chi connectivity index (χ2v) is 6.60. The molecule has 1 fully saturated rings. The third-order valence-corrected chi connectivity index (χ3v) is 5.55. The van der Waals surface area contributed by atoms with Gasteiger partial charge in [-0.2, -0.15) is 0 Å². The van der Waals surface area contributed by atoms with Crippen molar-refractivity contribution < 1.29 is 9.53 Å². The first-order chi connectivity index (χ1) is 10.6. The molecule has 116 valence electrons. The second kappa shape index (κ2) is 4.57. The van der Waals surface area contributed by atoms with Crippen LogP contribution in [0.5, 0.6) is 0 Å². The summed E-state index contributed by atoms with van der Waals surface area (Å²) in [5, 5.41) is 1.25. The number of hydrogen-bond donors (Lipinski definition) is 2. The first-order valence-electron chi connectivity index (χ1n) is 7.71. The minimum absolute atomic E-state index is 0.183. The third kappa shape index (κ3) is 1.63. The van der Waals surface area contributed by atoms with Crippen molar-refractivity contribution in [1.29, 1.82) is 0 Å². The minimum atomic E-state index is -0.471. The van der Waals surface area contributed by atoms with Crippen LogP contribution in [0, 0.1) is 5.92 Å². The second-order valence-electron chi connectivity index (χ2n) is 6.60. The van der Waals surface area contributed by atoms with Gasteiger partial charge in [0.05, 0.1) is 5.92 Å². The van der Waals surface area contributed by atoms with Crippen LogP contribution in [0.3, 0.4) is 0 Å². The number of nitrogens with zero attached hydrogens (tertiary/aromatic N) is 1. The van der Waals surface area contributed by atoms with Gasteiger partial charge in [-0.15, -0.1) is 0 Å². The number of methoxy groups -OCH3 is 1. The Morgan fingerprint density at radius 2 is 2.32 bits per heavy atom. The highest BCUT2D eigenvalue weighted by Crippen LogP contribution is 2.49. The Morgan fingerprint density at radius 3 is 3.05 bits per heavy atom. The number of piperidine rings is 1. The van der Waals surface area contributed by atoms with Gasteiger partial charge in [-0.05, 0) is 37.1 Å². The van der Waals surface area contributed by atoms with Crippen molar-refractivity contribution in [3.63, 3.8) is 0 Å². The number of H-pyrrole nitrogens is 1. The molecule has 1 aliphatic carbocycles. The molecule has 3 N–H and O–H groups in total. The van der Waals surface area contributed by atoms with Crippen molar-refractivity contribution in [1.82, 2.24) is 9.88 Å². The molecule has 22 heavy (non-hydrogen) atoms. The Morgan fingerprint density at radius 1 is 1.50 bits per heavy atom. The van der Waals surface area contributed by atoms with Gasteiger partial charge in [0.25, 0.3) is 0 Å². The number of carbonyl (C=O) groups is 1. The van der Waals surface area contributed by atoms with E-state index >= 15 is 0 Å². The molecule has 3 atom stereocenters. The Labute approximate surface area is 129 Å². The minimum Gasteiger partial charge on any atom is -0.372 e. The quantitative estimate of drug-likeness (QED) is 0.880. The predicted molar refractivity (Wildman–Crippen MR) is 84.4 cm³/mol. The SMILES string of the molecule is CO[C@]12C[C@@H](C(N)=O)CN(C)[C@@H]1Cc1c[nH]c3cccc2c13. The Balaban J connectivity index is 1.95. The number of hydrogen-bond acceptors (Lipinski definition) is 3. The van der Waals surface area contributed by atoms with Crippen molar-refractivity contribution in [2.45, 2.75) is 24.5 Å². The van der Waals surface area contributed by atoms with Crippen LogP contribution in [0.1, 0.15) is 17.5 Å². The summed E-state index contributed by atoms with van der Waals surface area (Å²) >= 11 is 0. The molecule has 1 aliphatic heterocycles. The smallest absolute Gasteiger partial charge is 0.221 e. The Bertz CT molecular complexity index is 753. The fourth-order valence-electron chi connectivity index (χ4n) is 4.51. The van der Waals surface area contributed by atoms with Gasteiger partial charge in [-0.25, -0.2) is 0 Å². The van der Waals surface area contributed by atoms with E-state index in [2.05, 4.69) is 41.3 Å². The molecule has 0 bridgehead atoms. The molecule has 0 radical (unpaired) electrons. The van der Waals surface area contributed by atoms with Crippen molar-refractivity contribution in [2.75, 3.05) is 20.7 Å². The molecule has 1 saturated heterocycles. The summed E-state index contributed by atoms with van der Waals surface area (Å²) in [5.41, 5.74) is 8.77. The van der Waals surface area contributed by atoms with Gasteiger partial charge in [-0.3, -0.25) is 9.69 Å². The lowest BCUT2D eigenvalue weighted by Crippen LogP contribution is -2.60. The van der Waals surface area contributed by atoms with E-state index in [1.54, 1.807) is 7.11 Å². The summed E-state index contributed by atoms with van der Waals surface area (Å²) in [7, 11) is 3.81. The lowest BCUT2D eigenvalue weighted by molar-refractivity contribution is -0.145. The monoisotopic (exact) mass is 299 g/mol. The summed E-state index contributed by atoms with van der Waals surface area (Å²) in [5.74, 6) is -0.425. The van der Waals surface area contributed by atoms with Gasteiger partial charge < -0.3 is 15.5 Å². The van der Waals surface area contributed by atoms with Gasteiger partial charge >= 0.3 is 0 Å². The summed E-state index contributed by atoms with van der Waals surface area (Å²) in [6.07, 6.45) is 3.67. The largest absolute Gasteiger partial charge is 0.372 e. The van der Waals surface area contributed by atoms with Crippen LogP contribution in [0.2, 0.25) is 0 Å². The van der Waals surface area contributed by atoms with Crippen LogP contribution in [0.25, 0.3) is 10.9 Å². The highest BCUT2D eigenvalue weighted by Gasteiger charge is 2.52. The van der Waals surface area contributed by atoms with E-state index < -0.39 is 5.60 Å². The normalized spacial score (nSPS) is 31.2. The number of carbonyl (C=O) groups excluding carboxylic acids is 1. The van der Waals surface area contributed by atoms with E-state index in [1.807, 2.05) is 0 Å². The number of benzene rings is 1. The summed E-state index contributed by atoms with van der Waals surface area (Å²) in [6, 6.07) is 6.49. The number of ether oxygens (including phenoxy) is 1. The van der Waals surface area contributed by atoms with Crippen LogP contribution in [0.4, 0.5) is 0 Å². The van der Waals surface area contributed by atoms with E-state index in [0.717, 1.165) is 11.9 Å². The van der Waals surface area contributed by atoms with Crippen LogP contribution in [0.15, 0.2) is 24.4 Å². The average molecular weight is 299 g/mol. The van der Waals surface area contributed by atoms with Crippen molar-refractivity contribution in [3.8, 4) is 0 Å². The topological polar surface area (TPSA) is 71.3 Å². The van der Waals surface area contributed by atoms with Crippen molar-refractivity contribution in [2.24, 2.45) is 11.7 Å². The predicted octanol–water partition coefficient (Wildman–Crippen LogP) is 1.37. The number of amides is 1. The molecular formula is C17H21N3O2. The third-order valence-electron chi connectivity index (χ3n) is 5.55. The number of nitrogens with two attached hydrogens (primary N) is 1. The highest BCUT2D eigenvalue weighted by atomic mass is 16.5. The maximum Gasteiger partial charge on any atom is 0.221 e. The maximum absolute atomic E-state index is 11.8. The zero-order valence-electron chi connectivity index (χ0n) is 12.9. The first kappa shape index (κ1) is 13.8. The molecule has 1 amide bonds. The van der Waals surface area contributed by atoms with Crippen LogP contribution < -0.4 is 5.73 Å². The van der Waals surface area contributed by atoms with E-state index in [-0.39, 0.29) is 17.9 Å². The number of nitrogens with one attached hydrogen (secondary N) is 1. The molecule has 5 nitrogen and oxygen atoms in total. The molecule has 1 aromatic heterocycles. The molecule has 1 aromatic carbocycles. The highest BCUT2D eigenvalue weighted by molar-refractivity contribution is 5.89. The zero-order chi connectivity index (χ0) is 15.5. The molecular weight excluding hydrogens is 278 g/mol. The molecule has 2 aromatic rings. The summed E-state index contributed by atoms with van der Waals surface area (Å²) < 4.78 is 6.09. The number of likely N-dealkylation sites (tertiary alicyclic amines) is 1. The molecule has 0 spiro atoms. The molecule has 5 heteroatoms. The fraction of sp³-hybridized carbons (Fsp3) is 0.471. The van der Waals surface area contributed by atoms with E-state index in [9.17, 15) is 4.79 Å². The number of fused-ring (bicyclic) bond motifs is 2. The van der Waals surface area contributed by atoms with Gasteiger partial charge in [0.2, 0.25) is 5.91 Å². The summed E-state index contributed by atoms with van der Waals surface area (Å²) in [4.78, 5) is 17.4. The van der Waals surface area contributed by atoms with Gasteiger partial charge in [-0.1, -0.05) is 12.1 Å². The Hall–Kier alpha value is -1.85. The van der Waals surface area contributed by atoms with Crippen molar-refractivity contribution >= 4 is 16.8 Å². The molecule has 2 heterocycles. The standard InChI is InChI=1S/C17H21N3O2/c1-20-9-11(16(18)21)7-17(22-2)12-4-3-5-13-15(12)10(8-19-13)6-14(17)20/h3-5,8,11,14,19H,6-7,9H2,1-2H3,(H2,18,21)/t11-,14-,17+/m1/s1. The first-order valence-corrected chi connectivity index (χ1v) is 7.71. The van der Waals surface area contributed by atoms with Crippen LogP contribution in [-0.4, -0.2) is 42.5 Å². The lowest BCUT2D eigenvalue weighted by atomic mass is 9.68. The maximum atomic E-state index is 11.8. The van der Waals surface area contributed by atoms with Gasteiger partial charge in [0.1, 0.15) is 5.60 Å². The zero-order valence-corrected chi connectivity index (χ0v) is 12.9. The number of primary amides is 1.